The second-order valence-electron chi connectivity index (χ2n) is 11.6. The Balaban J connectivity index is 0.00000183. The normalized spacial score (nSPS) is 35.3. The van der Waals surface area contributed by atoms with Gasteiger partial charge in [0.2, 0.25) is 0 Å². The zero-order valence-corrected chi connectivity index (χ0v) is 26.1. The minimum absolute atomic E-state index is 0. The fraction of sp³-hybridized carbons (Fsp3) is 0.853. The molecule has 216 valence electrons. The van der Waals surface area contributed by atoms with Gasteiger partial charge in [-0.1, -0.05) is 87.7 Å². The largest absolute Gasteiger partial charge is 0.450 e. The number of carbonyl (C=O) groups is 1. The monoisotopic (exact) mass is 518 g/mol. The molecule has 1 saturated heterocycles. The van der Waals surface area contributed by atoms with Crippen LogP contribution in [-0.4, -0.2) is 24.3 Å². The van der Waals surface area contributed by atoms with E-state index >= 15 is 0 Å². The molecule has 0 N–H and O–H groups in total. The van der Waals surface area contributed by atoms with Crippen LogP contribution in [0.25, 0.3) is 0 Å². The Morgan fingerprint density at radius 2 is 1.78 bits per heavy atom. The van der Waals surface area contributed by atoms with E-state index in [1.165, 1.54) is 56.9 Å². The van der Waals surface area contributed by atoms with E-state index in [1.54, 1.807) is 0 Å². The molecule has 7 unspecified atom stereocenters. The van der Waals surface area contributed by atoms with Crippen LogP contribution in [-0.2, 0) is 14.3 Å². The number of rotatable bonds is 6. The molecule has 0 aromatic heterocycles. The number of hydrogen-bond donors (Lipinski definition) is 0. The van der Waals surface area contributed by atoms with Gasteiger partial charge in [0.25, 0.3) is 0 Å². The van der Waals surface area contributed by atoms with E-state index in [4.69, 9.17) is 15.9 Å². The summed E-state index contributed by atoms with van der Waals surface area (Å²) in [5, 5.41) is 0. The molecule has 0 bridgehead atoms. The Morgan fingerprint density at radius 3 is 2.41 bits per heavy atom. The highest BCUT2D eigenvalue weighted by molar-refractivity contribution is 5.87. The van der Waals surface area contributed by atoms with Crippen molar-refractivity contribution in [3.8, 4) is 12.3 Å². The van der Waals surface area contributed by atoms with Gasteiger partial charge in [-0.05, 0) is 86.0 Å². The third-order valence-electron chi connectivity index (χ3n) is 9.61. The number of hydrogen-bond acceptors (Lipinski definition) is 3. The van der Waals surface area contributed by atoms with Crippen molar-refractivity contribution in [2.24, 2.45) is 35.0 Å². The molecule has 7 atom stereocenters. The molecule has 37 heavy (non-hydrogen) atoms. The van der Waals surface area contributed by atoms with Crippen molar-refractivity contribution in [3.63, 3.8) is 0 Å². The van der Waals surface area contributed by atoms with Gasteiger partial charge in [0, 0.05) is 13.8 Å². The van der Waals surface area contributed by atoms with Crippen LogP contribution in [0.3, 0.4) is 0 Å². The van der Waals surface area contributed by atoms with Gasteiger partial charge < -0.3 is 9.47 Å². The maximum atomic E-state index is 11.5. The van der Waals surface area contributed by atoms with Crippen LogP contribution in [0.4, 0.5) is 0 Å². The summed E-state index contributed by atoms with van der Waals surface area (Å²) in [6.07, 6.45) is 20.3. The average Bonchev–Trinajstić information content (AvgIpc) is 3.26. The number of allylic oxidation sites excluding steroid dienone is 1. The lowest BCUT2D eigenvalue weighted by Crippen LogP contribution is -2.56. The molecule has 0 aromatic carbocycles. The van der Waals surface area contributed by atoms with Crippen molar-refractivity contribution in [2.75, 3.05) is 6.61 Å². The van der Waals surface area contributed by atoms with E-state index < -0.39 is 5.97 Å². The highest BCUT2D eigenvalue weighted by Crippen LogP contribution is 2.64. The molecule has 1 heterocycles. The quantitative estimate of drug-likeness (QED) is 0.115. The molecule has 0 radical (unpaired) electrons. The summed E-state index contributed by atoms with van der Waals surface area (Å²) in [7, 11) is 0. The molecule has 3 nitrogen and oxygen atoms in total. The highest BCUT2D eigenvalue weighted by atomic mass is 16.6. The fourth-order valence-electron chi connectivity index (χ4n) is 7.86. The molecule has 2 saturated carbocycles. The van der Waals surface area contributed by atoms with Gasteiger partial charge in [-0.2, -0.15) is 0 Å². The molecule has 4 aliphatic rings. The molecule has 4 rings (SSSR count). The summed E-state index contributed by atoms with van der Waals surface area (Å²) in [4.78, 5) is 11.5. The van der Waals surface area contributed by atoms with Crippen LogP contribution in [0.15, 0.2) is 11.6 Å². The molecule has 3 aliphatic carbocycles. The van der Waals surface area contributed by atoms with Gasteiger partial charge >= 0.3 is 5.97 Å². The predicted molar refractivity (Wildman–Crippen MR) is 160 cm³/mol. The van der Waals surface area contributed by atoms with Gasteiger partial charge in [-0.15, -0.1) is 6.42 Å². The van der Waals surface area contributed by atoms with Gasteiger partial charge in [0.15, 0.2) is 0 Å². The molecule has 1 aliphatic heterocycles. The van der Waals surface area contributed by atoms with Crippen LogP contribution in [0.5, 0.6) is 0 Å². The molecular weight excluding hydrogens is 456 g/mol. The van der Waals surface area contributed by atoms with Crippen molar-refractivity contribution in [2.45, 2.75) is 145 Å². The van der Waals surface area contributed by atoms with Crippen LogP contribution < -0.4 is 0 Å². The number of fused-ring (bicyclic) bond motifs is 5. The number of unbranched alkanes of at least 4 members (excludes halogenated alkanes) is 1. The molecule has 0 spiro atoms. The van der Waals surface area contributed by atoms with Gasteiger partial charge in [0.1, 0.15) is 6.10 Å². The smallest absolute Gasteiger partial charge is 0.384 e. The summed E-state index contributed by atoms with van der Waals surface area (Å²) in [5.41, 5.74) is 1.65. The summed E-state index contributed by atoms with van der Waals surface area (Å²) in [5.74, 6) is 5.37. The maximum Gasteiger partial charge on any atom is 0.384 e. The van der Waals surface area contributed by atoms with E-state index in [0.29, 0.717) is 17.9 Å². The Kier molecular flexibility index (Phi) is 14.6. The number of carbonyl (C=O) groups excluding carboxylic acids is 1. The zero-order valence-electron chi connectivity index (χ0n) is 26.1. The first-order chi connectivity index (χ1) is 17.8. The summed E-state index contributed by atoms with van der Waals surface area (Å²) >= 11 is 0. The van der Waals surface area contributed by atoms with Crippen molar-refractivity contribution in [1.29, 1.82) is 0 Å². The van der Waals surface area contributed by atoms with Gasteiger partial charge in [0.05, 0.1) is 12.2 Å². The highest BCUT2D eigenvalue weighted by Gasteiger charge is 2.59. The molecule has 3 heteroatoms. The van der Waals surface area contributed by atoms with Crippen LogP contribution >= 0.6 is 0 Å². The van der Waals surface area contributed by atoms with Crippen LogP contribution in [0, 0.1) is 47.3 Å². The SMILES string of the molecule is C#CC(=O)OC1COC2(C)C(=CCC3C2CCC2(C)C(CCCCC(C)C)CCC32)C1.CC.CC.CC.[HH]. The van der Waals surface area contributed by atoms with Gasteiger partial charge in [-0.25, -0.2) is 4.79 Å². The first-order valence-electron chi connectivity index (χ1n) is 15.8. The number of esters is 1. The van der Waals surface area contributed by atoms with Gasteiger partial charge in [-0.3, -0.25) is 0 Å². The fourth-order valence-corrected chi connectivity index (χ4v) is 7.86. The second-order valence-corrected chi connectivity index (χ2v) is 11.6. The Morgan fingerprint density at radius 1 is 1.11 bits per heavy atom. The number of terminal acetylenes is 1. The van der Waals surface area contributed by atoms with E-state index in [-0.39, 0.29) is 13.1 Å². The van der Waals surface area contributed by atoms with Crippen LogP contribution in [0.2, 0.25) is 0 Å². The average molecular weight is 519 g/mol. The second kappa shape index (κ2) is 16.0. The van der Waals surface area contributed by atoms with Crippen LogP contribution in [0.1, 0.15) is 135 Å². The van der Waals surface area contributed by atoms with Crippen molar-refractivity contribution in [3.05, 3.63) is 11.6 Å². The zero-order chi connectivity index (χ0) is 28.2. The molecular formula is C34H62O3. The summed E-state index contributed by atoms with van der Waals surface area (Å²) < 4.78 is 11.9. The summed E-state index contributed by atoms with van der Waals surface area (Å²) in [6, 6.07) is 0. The Bertz CT molecular complexity index is 753. The lowest BCUT2D eigenvalue weighted by Gasteiger charge is -2.57. The van der Waals surface area contributed by atoms with E-state index in [1.807, 2.05) is 41.5 Å². The molecule has 0 amide bonds. The van der Waals surface area contributed by atoms with E-state index in [2.05, 4.69) is 39.7 Å². The van der Waals surface area contributed by atoms with E-state index in [0.717, 1.165) is 36.5 Å². The lowest BCUT2D eigenvalue weighted by molar-refractivity contribution is -0.170. The third kappa shape index (κ3) is 7.65. The van der Waals surface area contributed by atoms with Crippen molar-refractivity contribution >= 4 is 5.97 Å². The first-order valence-corrected chi connectivity index (χ1v) is 15.8. The minimum Gasteiger partial charge on any atom is -0.450 e. The van der Waals surface area contributed by atoms with Crippen molar-refractivity contribution in [1.82, 2.24) is 0 Å². The maximum absolute atomic E-state index is 11.5. The minimum atomic E-state index is -0.578. The lowest BCUT2D eigenvalue weighted by atomic mass is 9.51. The standard InChI is InChI=1S/C28H42O3.3C2H6.H2/c1-6-26(29)31-22-17-21-11-13-23-24-14-12-20(10-8-7-9-19(2)3)27(24,4)16-15-25(23)28(21,5)30-18-22;3*1-2;/h1,11,19-20,22-25H,7-10,12-18H2,2-5H3;3*1-2H3;1H. The predicted octanol–water partition coefficient (Wildman–Crippen LogP) is 9.64. The topological polar surface area (TPSA) is 35.5 Å². The third-order valence-corrected chi connectivity index (χ3v) is 9.61. The summed E-state index contributed by atoms with van der Waals surface area (Å²) in [6.45, 7) is 22.1. The number of ether oxygens (including phenoxy) is 2. The van der Waals surface area contributed by atoms with E-state index in [9.17, 15) is 4.79 Å². The Labute approximate surface area is 232 Å². The Hall–Kier alpha value is -1.27. The molecule has 3 fully saturated rings. The van der Waals surface area contributed by atoms with Crippen molar-refractivity contribution < 1.29 is 15.7 Å². The first kappa shape index (κ1) is 33.8. The molecule has 0 aromatic rings.